The van der Waals surface area contributed by atoms with Crippen molar-refractivity contribution >= 4 is 22.6 Å². The number of benzene rings is 2. The quantitative estimate of drug-likeness (QED) is 0.551. The fourth-order valence-corrected chi connectivity index (χ4v) is 3.00. The minimum atomic E-state index is -0.425. The topological polar surface area (TPSA) is 77.2 Å². The molecule has 5 heteroatoms. The molecule has 2 unspecified atom stereocenters. The first kappa shape index (κ1) is 17.0. The third-order valence-electron chi connectivity index (χ3n) is 4.22. The van der Waals surface area contributed by atoms with Crippen LogP contribution in [0.2, 0.25) is 0 Å². The standard InChI is InChI=1S/C20H23N3O2/c1-14(24)11-17(15-5-3-2-4-6-15)13-22-20(25)23-18-7-8-19-16(12-18)9-10-21-19/h2-10,12,14,17,21,24H,11,13H2,1H3,(H2,22,23,25). The average molecular weight is 337 g/mol. The minimum absolute atomic E-state index is 0.0686. The zero-order valence-corrected chi connectivity index (χ0v) is 14.2. The van der Waals surface area contributed by atoms with Gasteiger partial charge in [-0.05, 0) is 43.2 Å². The number of aromatic amines is 1. The average Bonchev–Trinajstić information content (AvgIpc) is 3.07. The van der Waals surface area contributed by atoms with Crippen LogP contribution in [0.5, 0.6) is 0 Å². The minimum Gasteiger partial charge on any atom is -0.393 e. The lowest BCUT2D eigenvalue weighted by molar-refractivity contribution is 0.173. The van der Waals surface area contributed by atoms with Crippen LogP contribution in [0, 0.1) is 0 Å². The molecule has 2 amide bonds. The molecule has 0 aliphatic carbocycles. The van der Waals surface area contributed by atoms with Crippen molar-refractivity contribution in [2.45, 2.75) is 25.4 Å². The lowest BCUT2D eigenvalue weighted by Crippen LogP contribution is -2.33. The second-order valence-electron chi connectivity index (χ2n) is 6.31. The van der Waals surface area contributed by atoms with Crippen LogP contribution >= 0.6 is 0 Å². The van der Waals surface area contributed by atoms with Crippen LogP contribution < -0.4 is 10.6 Å². The first-order chi connectivity index (χ1) is 12.1. The van der Waals surface area contributed by atoms with Gasteiger partial charge in [-0.25, -0.2) is 4.79 Å². The third kappa shape index (κ3) is 4.61. The van der Waals surface area contributed by atoms with E-state index < -0.39 is 6.10 Å². The van der Waals surface area contributed by atoms with Crippen molar-refractivity contribution < 1.29 is 9.90 Å². The van der Waals surface area contributed by atoms with Gasteiger partial charge in [0.25, 0.3) is 0 Å². The highest BCUT2D eigenvalue weighted by molar-refractivity contribution is 5.92. The number of amides is 2. The second-order valence-corrected chi connectivity index (χ2v) is 6.31. The summed E-state index contributed by atoms with van der Waals surface area (Å²) in [5.41, 5.74) is 2.89. The molecule has 4 N–H and O–H groups in total. The summed E-state index contributed by atoms with van der Waals surface area (Å²) in [5.74, 6) is 0.0686. The number of rotatable bonds is 6. The van der Waals surface area contributed by atoms with Crippen molar-refractivity contribution in [1.29, 1.82) is 0 Å². The van der Waals surface area contributed by atoms with Gasteiger partial charge >= 0.3 is 6.03 Å². The van der Waals surface area contributed by atoms with Crippen LogP contribution in [-0.4, -0.2) is 28.8 Å². The van der Waals surface area contributed by atoms with E-state index in [4.69, 9.17) is 0 Å². The van der Waals surface area contributed by atoms with E-state index in [1.807, 2.05) is 60.8 Å². The first-order valence-electron chi connectivity index (χ1n) is 8.47. The molecule has 3 aromatic rings. The van der Waals surface area contributed by atoms with Crippen molar-refractivity contribution in [1.82, 2.24) is 10.3 Å². The second kappa shape index (κ2) is 7.85. The number of carbonyl (C=O) groups excluding carboxylic acids is 1. The largest absolute Gasteiger partial charge is 0.393 e. The highest BCUT2D eigenvalue weighted by atomic mass is 16.3. The molecule has 0 radical (unpaired) electrons. The number of carbonyl (C=O) groups is 1. The molecule has 130 valence electrons. The van der Waals surface area contributed by atoms with Crippen molar-refractivity contribution in [2.24, 2.45) is 0 Å². The summed E-state index contributed by atoms with van der Waals surface area (Å²) >= 11 is 0. The van der Waals surface area contributed by atoms with Gasteiger partial charge < -0.3 is 20.7 Å². The smallest absolute Gasteiger partial charge is 0.319 e. The molecule has 1 heterocycles. The van der Waals surface area contributed by atoms with Crippen LogP contribution in [0.1, 0.15) is 24.8 Å². The van der Waals surface area contributed by atoms with Crippen LogP contribution in [0.3, 0.4) is 0 Å². The van der Waals surface area contributed by atoms with Crippen molar-refractivity contribution in [3.8, 4) is 0 Å². The lowest BCUT2D eigenvalue weighted by atomic mass is 9.93. The highest BCUT2D eigenvalue weighted by Gasteiger charge is 2.15. The summed E-state index contributed by atoms with van der Waals surface area (Å²) in [6.45, 7) is 2.23. The molecule has 2 atom stereocenters. The Morgan fingerprint density at radius 3 is 2.72 bits per heavy atom. The summed E-state index contributed by atoms with van der Waals surface area (Å²) in [6.07, 6.45) is 2.04. The van der Waals surface area contributed by atoms with E-state index in [0.29, 0.717) is 13.0 Å². The predicted octanol–water partition coefficient (Wildman–Crippen LogP) is 3.84. The van der Waals surface area contributed by atoms with Crippen LogP contribution in [-0.2, 0) is 0 Å². The summed E-state index contributed by atoms with van der Waals surface area (Å²) in [7, 11) is 0. The molecule has 0 saturated heterocycles. The zero-order valence-electron chi connectivity index (χ0n) is 14.2. The number of aromatic nitrogens is 1. The van der Waals surface area contributed by atoms with Crippen LogP contribution in [0.25, 0.3) is 10.9 Å². The maximum absolute atomic E-state index is 12.2. The Balaban J connectivity index is 1.60. The predicted molar refractivity (Wildman–Crippen MR) is 101 cm³/mol. The zero-order chi connectivity index (χ0) is 17.6. The van der Waals surface area contributed by atoms with E-state index >= 15 is 0 Å². The van der Waals surface area contributed by atoms with Gasteiger partial charge in [0.15, 0.2) is 0 Å². The van der Waals surface area contributed by atoms with Gasteiger partial charge in [0, 0.05) is 35.2 Å². The normalized spacial score (nSPS) is 13.4. The number of hydrogen-bond donors (Lipinski definition) is 4. The molecule has 25 heavy (non-hydrogen) atoms. The molecule has 0 aliphatic heterocycles. The van der Waals surface area contributed by atoms with Gasteiger partial charge in [-0.1, -0.05) is 30.3 Å². The van der Waals surface area contributed by atoms with E-state index in [9.17, 15) is 9.90 Å². The number of urea groups is 1. The van der Waals surface area contributed by atoms with E-state index in [2.05, 4.69) is 15.6 Å². The molecule has 5 nitrogen and oxygen atoms in total. The number of fused-ring (bicyclic) bond motifs is 1. The fraction of sp³-hybridized carbons (Fsp3) is 0.250. The van der Waals surface area contributed by atoms with Crippen LogP contribution in [0.4, 0.5) is 10.5 Å². The summed E-state index contributed by atoms with van der Waals surface area (Å²) in [5, 5.41) is 16.5. The summed E-state index contributed by atoms with van der Waals surface area (Å²) in [4.78, 5) is 15.3. The van der Waals surface area contributed by atoms with Crippen molar-refractivity contribution in [2.75, 3.05) is 11.9 Å². The van der Waals surface area contributed by atoms with Crippen molar-refractivity contribution in [3.05, 3.63) is 66.4 Å². The SMILES string of the molecule is CC(O)CC(CNC(=O)Nc1ccc2[nH]ccc2c1)c1ccccc1. The van der Waals surface area contributed by atoms with Gasteiger partial charge in [-0.15, -0.1) is 0 Å². The number of nitrogens with one attached hydrogen (secondary N) is 3. The Kier molecular flexibility index (Phi) is 5.36. The molecule has 0 spiro atoms. The van der Waals surface area contributed by atoms with Gasteiger partial charge in [0.1, 0.15) is 0 Å². The lowest BCUT2D eigenvalue weighted by Gasteiger charge is -2.20. The van der Waals surface area contributed by atoms with Crippen LogP contribution in [0.15, 0.2) is 60.8 Å². The highest BCUT2D eigenvalue weighted by Crippen LogP contribution is 2.21. The van der Waals surface area contributed by atoms with Gasteiger partial charge in [0.05, 0.1) is 6.10 Å². The molecule has 0 bridgehead atoms. The Morgan fingerprint density at radius 1 is 1.16 bits per heavy atom. The van der Waals surface area contributed by atoms with Gasteiger partial charge in [-0.2, -0.15) is 0 Å². The summed E-state index contributed by atoms with van der Waals surface area (Å²) < 4.78 is 0. The van der Waals surface area contributed by atoms with E-state index in [-0.39, 0.29) is 11.9 Å². The number of aliphatic hydroxyl groups excluding tert-OH is 1. The molecular formula is C20H23N3O2. The van der Waals surface area contributed by atoms with E-state index in [0.717, 1.165) is 22.2 Å². The van der Waals surface area contributed by atoms with E-state index in [1.165, 1.54) is 0 Å². The Labute approximate surface area is 147 Å². The third-order valence-corrected chi connectivity index (χ3v) is 4.22. The molecule has 3 rings (SSSR count). The van der Waals surface area contributed by atoms with E-state index in [1.54, 1.807) is 6.92 Å². The summed E-state index contributed by atoms with van der Waals surface area (Å²) in [6, 6.07) is 17.4. The Hall–Kier alpha value is -2.79. The number of hydrogen-bond acceptors (Lipinski definition) is 2. The molecule has 2 aromatic carbocycles. The van der Waals surface area contributed by atoms with Gasteiger partial charge in [0.2, 0.25) is 0 Å². The van der Waals surface area contributed by atoms with Crippen molar-refractivity contribution in [3.63, 3.8) is 0 Å². The maximum atomic E-state index is 12.2. The maximum Gasteiger partial charge on any atom is 0.319 e. The monoisotopic (exact) mass is 337 g/mol. The Morgan fingerprint density at radius 2 is 1.96 bits per heavy atom. The van der Waals surface area contributed by atoms with Gasteiger partial charge in [-0.3, -0.25) is 0 Å². The molecule has 0 saturated carbocycles. The molecule has 0 fully saturated rings. The number of H-pyrrole nitrogens is 1. The first-order valence-corrected chi connectivity index (χ1v) is 8.47. The fourth-order valence-electron chi connectivity index (χ4n) is 3.00. The number of aliphatic hydroxyl groups is 1. The molecule has 1 aromatic heterocycles. The number of anilines is 1. The molecule has 0 aliphatic rings. The molecular weight excluding hydrogens is 314 g/mol. The Bertz CT molecular complexity index is 827.